The van der Waals surface area contributed by atoms with Crippen LogP contribution in [0.25, 0.3) is 0 Å². The fourth-order valence-corrected chi connectivity index (χ4v) is 1.80. The van der Waals surface area contributed by atoms with E-state index in [9.17, 15) is 4.79 Å². The zero-order valence-corrected chi connectivity index (χ0v) is 10.7. The molecule has 0 aliphatic carbocycles. The highest BCUT2D eigenvalue weighted by molar-refractivity contribution is 5.66. The van der Waals surface area contributed by atoms with Crippen LogP contribution in [0.3, 0.4) is 0 Å². The topological polar surface area (TPSA) is 75.2 Å². The molecule has 1 aromatic carbocycles. The normalized spacial score (nSPS) is 10.4. The van der Waals surface area contributed by atoms with Gasteiger partial charge in [-0.1, -0.05) is 12.1 Å². The highest BCUT2D eigenvalue weighted by atomic mass is 16.5. The maximum atomic E-state index is 10.5. The summed E-state index contributed by atoms with van der Waals surface area (Å²) in [6.07, 6.45) is 2.98. The first kappa shape index (κ1) is 13.1. The van der Waals surface area contributed by atoms with Gasteiger partial charge in [0.2, 0.25) is 0 Å². The van der Waals surface area contributed by atoms with E-state index in [1.54, 1.807) is 13.3 Å². The molecule has 2 aromatic rings. The number of aromatic nitrogens is 2. The fraction of sp³-hybridized carbons (Fsp3) is 0.286. The Labute approximate surface area is 111 Å². The number of nitrogens with zero attached hydrogens (tertiary/aromatic N) is 1. The van der Waals surface area contributed by atoms with Gasteiger partial charge in [-0.3, -0.25) is 4.79 Å². The number of rotatable bonds is 6. The van der Waals surface area contributed by atoms with Crippen molar-refractivity contribution in [3.05, 3.63) is 47.5 Å². The van der Waals surface area contributed by atoms with Crippen molar-refractivity contribution in [1.82, 2.24) is 9.97 Å². The van der Waals surface area contributed by atoms with E-state index in [-0.39, 0.29) is 6.42 Å². The quantitative estimate of drug-likeness (QED) is 0.833. The molecule has 19 heavy (non-hydrogen) atoms. The van der Waals surface area contributed by atoms with Gasteiger partial charge < -0.3 is 14.8 Å². The Hall–Kier alpha value is -2.30. The molecule has 0 unspecified atom stereocenters. The largest absolute Gasteiger partial charge is 0.497 e. The van der Waals surface area contributed by atoms with Crippen LogP contribution in [0, 0.1) is 0 Å². The van der Waals surface area contributed by atoms with Crippen LogP contribution in [0.15, 0.2) is 30.5 Å². The maximum Gasteiger partial charge on any atom is 0.303 e. The lowest BCUT2D eigenvalue weighted by atomic mass is 10.1. The Kier molecular flexibility index (Phi) is 4.18. The van der Waals surface area contributed by atoms with Crippen molar-refractivity contribution in [3.8, 4) is 5.75 Å². The van der Waals surface area contributed by atoms with E-state index in [4.69, 9.17) is 9.84 Å². The third kappa shape index (κ3) is 3.84. The number of benzene rings is 1. The summed E-state index contributed by atoms with van der Waals surface area (Å²) in [6, 6.07) is 7.78. The molecule has 5 heteroatoms. The van der Waals surface area contributed by atoms with Crippen molar-refractivity contribution < 1.29 is 14.6 Å². The smallest absolute Gasteiger partial charge is 0.303 e. The van der Waals surface area contributed by atoms with Gasteiger partial charge in [-0.25, -0.2) is 4.98 Å². The van der Waals surface area contributed by atoms with Crippen LogP contribution in [-0.4, -0.2) is 28.2 Å². The van der Waals surface area contributed by atoms with Crippen molar-refractivity contribution in [2.45, 2.75) is 19.3 Å². The van der Waals surface area contributed by atoms with Crippen LogP contribution in [0.4, 0.5) is 0 Å². The molecule has 1 heterocycles. The fourth-order valence-electron chi connectivity index (χ4n) is 1.80. The molecule has 100 valence electrons. The van der Waals surface area contributed by atoms with E-state index in [0.717, 1.165) is 22.8 Å². The van der Waals surface area contributed by atoms with E-state index in [2.05, 4.69) is 9.97 Å². The predicted octanol–water partition coefficient (Wildman–Crippen LogP) is 2.03. The van der Waals surface area contributed by atoms with Crippen molar-refractivity contribution in [3.63, 3.8) is 0 Å². The molecule has 5 nitrogen and oxygen atoms in total. The number of nitrogens with one attached hydrogen (secondary N) is 1. The predicted molar refractivity (Wildman–Crippen MR) is 70.3 cm³/mol. The van der Waals surface area contributed by atoms with Crippen molar-refractivity contribution >= 4 is 5.97 Å². The summed E-state index contributed by atoms with van der Waals surface area (Å²) in [5.74, 6) is 0.863. The number of hydrogen-bond acceptors (Lipinski definition) is 3. The van der Waals surface area contributed by atoms with Gasteiger partial charge in [0.15, 0.2) is 0 Å². The number of ether oxygens (including phenoxy) is 1. The molecule has 0 spiro atoms. The number of hydrogen-bond donors (Lipinski definition) is 2. The number of aromatic amines is 1. The zero-order chi connectivity index (χ0) is 13.7. The Morgan fingerprint density at radius 2 is 2.11 bits per heavy atom. The van der Waals surface area contributed by atoms with E-state index >= 15 is 0 Å². The van der Waals surface area contributed by atoms with Crippen molar-refractivity contribution in [2.75, 3.05) is 7.11 Å². The first-order chi connectivity index (χ1) is 9.17. The number of imidazole rings is 1. The third-order valence-electron chi connectivity index (χ3n) is 2.82. The highest BCUT2D eigenvalue weighted by Gasteiger charge is 2.04. The first-order valence-electron chi connectivity index (χ1n) is 6.05. The average Bonchev–Trinajstić information content (AvgIpc) is 2.85. The summed E-state index contributed by atoms with van der Waals surface area (Å²) in [5.41, 5.74) is 1.98. The lowest BCUT2D eigenvalue weighted by Gasteiger charge is -2.01. The second-order valence-electron chi connectivity index (χ2n) is 4.27. The Bertz CT molecular complexity index is 546. The van der Waals surface area contributed by atoms with Crippen LogP contribution < -0.4 is 4.74 Å². The highest BCUT2D eigenvalue weighted by Crippen LogP contribution is 2.13. The molecule has 2 rings (SSSR count). The molecular formula is C14H16N2O3. The number of aliphatic carboxylic acids is 1. The summed E-state index contributed by atoms with van der Waals surface area (Å²) in [5, 5.41) is 8.62. The monoisotopic (exact) mass is 260 g/mol. The molecule has 0 fully saturated rings. The van der Waals surface area contributed by atoms with Gasteiger partial charge in [0, 0.05) is 18.3 Å². The minimum atomic E-state index is -0.800. The average molecular weight is 260 g/mol. The molecule has 2 N–H and O–H groups in total. The number of carboxylic acid groups (broad SMARTS) is 1. The summed E-state index contributed by atoms with van der Waals surface area (Å²) in [6.45, 7) is 0. The molecule has 0 radical (unpaired) electrons. The van der Waals surface area contributed by atoms with E-state index in [1.165, 1.54) is 0 Å². The number of carbonyl (C=O) groups is 1. The van der Waals surface area contributed by atoms with Crippen molar-refractivity contribution in [1.29, 1.82) is 0 Å². The summed E-state index contributed by atoms with van der Waals surface area (Å²) in [4.78, 5) is 17.9. The summed E-state index contributed by atoms with van der Waals surface area (Å²) < 4.78 is 5.10. The minimum Gasteiger partial charge on any atom is -0.497 e. The van der Waals surface area contributed by atoms with Gasteiger partial charge in [-0.15, -0.1) is 0 Å². The van der Waals surface area contributed by atoms with Crippen molar-refractivity contribution in [2.24, 2.45) is 0 Å². The van der Waals surface area contributed by atoms with E-state index in [1.807, 2.05) is 24.3 Å². The van der Waals surface area contributed by atoms with E-state index in [0.29, 0.717) is 12.8 Å². The second kappa shape index (κ2) is 6.04. The van der Waals surface area contributed by atoms with Gasteiger partial charge in [0.05, 0.1) is 13.5 Å². The molecule has 0 aliphatic rings. The molecule has 0 amide bonds. The molecule has 0 saturated heterocycles. The molecular weight excluding hydrogens is 244 g/mol. The molecule has 0 atom stereocenters. The minimum absolute atomic E-state index is 0.115. The van der Waals surface area contributed by atoms with Gasteiger partial charge >= 0.3 is 5.97 Å². The van der Waals surface area contributed by atoms with Crippen LogP contribution in [0.1, 0.15) is 23.5 Å². The van der Waals surface area contributed by atoms with Crippen LogP contribution in [0.2, 0.25) is 0 Å². The first-order valence-corrected chi connectivity index (χ1v) is 6.05. The third-order valence-corrected chi connectivity index (χ3v) is 2.82. The molecule has 0 aliphatic heterocycles. The zero-order valence-electron chi connectivity index (χ0n) is 10.7. The number of methoxy groups -OCH3 is 1. The lowest BCUT2D eigenvalue weighted by molar-refractivity contribution is -0.136. The molecule has 0 saturated carbocycles. The second-order valence-corrected chi connectivity index (χ2v) is 4.27. The standard InChI is InChI=1S/C14H16N2O3/c1-19-12-5-2-10(3-6-12)8-13-15-9-11(16-13)4-7-14(17)18/h2-3,5-6,9H,4,7-8H2,1H3,(H,15,16)(H,17,18). The summed E-state index contributed by atoms with van der Waals surface area (Å²) >= 11 is 0. The SMILES string of the molecule is COc1ccc(Cc2ncc(CCC(=O)O)[nH]2)cc1. The van der Waals surface area contributed by atoms with Gasteiger partial charge in [0.25, 0.3) is 0 Å². The van der Waals surface area contributed by atoms with Crippen LogP contribution >= 0.6 is 0 Å². The van der Waals surface area contributed by atoms with Gasteiger partial charge in [-0.2, -0.15) is 0 Å². The van der Waals surface area contributed by atoms with Crippen LogP contribution in [-0.2, 0) is 17.6 Å². The Morgan fingerprint density at radius 3 is 2.74 bits per heavy atom. The van der Waals surface area contributed by atoms with Gasteiger partial charge in [0.1, 0.15) is 11.6 Å². The Balaban J connectivity index is 1.96. The number of carboxylic acids is 1. The lowest BCUT2D eigenvalue weighted by Crippen LogP contribution is -1.98. The maximum absolute atomic E-state index is 10.5. The number of aryl methyl sites for hydroxylation is 1. The summed E-state index contributed by atoms with van der Waals surface area (Å²) in [7, 11) is 1.64. The molecule has 0 bridgehead atoms. The van der Waals surface area contributed by atoms with Crippen LogP contribution in [0.5, 0.6) is 5.75 Å². The van der Waals surface area contributed by atoms with E-state index < -0.39 is 5.97 Å². The molecule has 1 aromatic heterocycles. The number of H-pyrrole nitrogens is 1. The van der Waals surface area contributed by atoms with Gasteiger partial charge in [-0.05, 0) is 24.1 Å². The Morgan fingerprint density at radius 1 is 1.37 bits per heavy atom.